The molecule has 84 heavy (non-hydrogen) atoms. The van der Waals surface area contributed by atoms with Crippen molar-refractivity contribution in [3.05, 3.63) is 0 Å². The molecule has 0 aliphatic rings. The fourth-order valence-corrected chi connectivity index (χ4v) is 11.2. The lowest BCUT2D eigenvalue weighted by Crippen LogP contribution is -2.30. The highest BCUT2D eigenvalue weighted by Gasteiger charge is 2.30. The van der Waals surface area contributed by atoms with Crippen LogP contribution in [0.5, 0.6) is 0 Å². The van der Waals surface area contributed by atoms with E-state index in [1.54, 1.807) is 0 Å². The topological polar surface area (TPSA) is 237 Å². The van der Waals surface area contributed by atoms with E-state index in [-0.39, 0.29) is 25.7 Å². The van der Waals surface area contributed by atoms with E-state index in [1.165, 1.54) is 116 Å². The van der Waals surface area contributed by atoms with E-state index in [4.69, 9.17) is 37.0 Å². The molecule has 0 spiro atoms. The zero-order valence-corrected chi connectivity index (χ0v) is 56.3. The van der Waals surface area contributed by atoms with Crippen molar-refractivity contribution in [1.82, 2.24) is 0 Å². The third kappa shape index (κ3) is 57.8. The summed E-state index contributed by atoms with van der Waals surface area (Å²) < 4.78 is 68.0. The largest absolute Gasteiger partial charge is 0.472 e. The molecule has 0 aromatic rings. The molecule has 6 atom stereocenters. The van der Waals surface area contributed by atoms with Crippen LogP contribution in [0.3, 0.4) is 0 Å². The first-order valence-electron chi connectivity index (χ1n) is 33.7. The van der Waals surface area contributed by atoms with Gasteiger partial charge < -0.3 is 33.8 Å². The number of rotatable bonds is 62. The molecule has 19 heteroatoms. The number of carbonyl (C=O) groups excluding carboxylic acids is 4. The van der Waals surface area contributed by atoms with Crippen molar-refractivity contribution < 1.29 is 80.2 Å². The van der Waals surface area contributed by atoms with Gasteiger partial charge in [0.25, 0.3) is 0 Å². The number of phosphoric acid groups is 2. The van der Waals surface area contributed by atoms with Gasteiger partial charge in [0.05, 0.1) is 26.4 Å². The Balaban J connectivity index is 5.25. The van der Waals surface area contributed by atoms with E-state index < -0.39 is 97.5 Å². The Hall–Kier alpha value is -1.94. The highest BCUT2D eigenvalue weighted by molar-refractivity contribution is 7.47. The molecule has 4 unspecified atom stereocenters. The molecule has 0 heterocycles. The number of carbonyl (C=O) groups is 4. The van der Waals surface area contributed by atoms with Gasteiger partial charge in [0.15, 0.2) is 12.2 Å². The van der Waals surface area contributed by atoms with Crippen molar-refractivity contribution in [2.75, 3.05) is 39.6 Å². The number of hydrogen-bond acceptors (Lipinski definition) is 15. The molecule has 0 rings (SSSR count). The summed E-state index contributed by atoms with van der Waals surface area (Å²) in [5.74, 6) is 0.768. The minimum atomic E-state index is -4.95. The third-order valence-electron chi connectivity index (χ3n) is 15.2. The second kappa shape index (κ2) is 55.2. The zero-order valence-electron chi connectivity index (χ0n) is 54.5. The predicted octanol–water partition coefficient (Wildman–Crippen LogP) is 17.8. The summed E-state index contributed by atoms with van der Waals surface area (Å²) >= 11 is 0. The lowest BCUT2D eigenvalue weighted by atomic mass is 9.99. The van der Waals surface area contributed by atoms with Crippen LogP contribution in [0.1, 0.15) is 312 Å². The number of esters is 4. The van der Waals surface area contributed by atoms with Gasteiger partial charge in [0, 0.05) is 25.7 Å². The van der Waals surface area contributed by atoms with E-state index in [0.29, 0.717) is 31.6 Å². The molecule has 0 saturated heterocycles. The average Bonchev–Trinajstić information content (AvgIpc) is 3.50. The maximum atomic E-state index is 13.0. The van der Waals surface area contributed by atoms with Crippen LogP contribution < -0.4 is 0 Å². The van der Waals surface area contributed by atoms with Crippen LogP contribution in [0.4, 0.5) is 0 Å². The number of aliphatic hydroxyl groups is 1. The van der Waals surface area contributed by atoms with Gasteiger partial charge in [-0.15, -0.1) is 0 Å². The minimum Gasteiger partial charge on any atom is -0.462 e. The smallest absolute Gasteiger partial charge is 0.462 e. The van der Waals surface area contributed by atoms with Crippen LogP contribution >= 0.6 is 15.6 Å². The lowest BCUT2D eigenvalue weighted by Gasteiger charge is -2.21. The summed E-state index contributed by atoms with van der Waals surface area (Å²) in [6.45, 7) is 14.0. The Morgan fingerprint density at radius 3 is 0.845 bits per heavy atom. The number of aliphatic hydroxyl groups excluding tert-OH is 1. The first-order chi connectivity index (χ1) is 40.1. The van der Waals surface area contributed by atoms with E-state index in [0.717, 1.165) is 108 Å². The molecule has 0 aliphatic heterocycles. The molecular formula is C65H126O17P2. The normalized spacial score (nSPS) is 14.7. The molecule has 0 bridgehead atoms. The summed E-state index contributed by atoms with van der Waals surface area (Å²) in [7, 11) is -9.89. The first kappa shape index (κ1) is 82.1. The van der Waals surface area contributed by atoms with Gasteiger partial charge in [-0.1, -0.05) is 261 Å². The quantitative estimate of drug-likeness (QED) is 0.0222. The minimum absolute atomic E-state index is 0.101. The Bertz CT molecular complexity index is 1680. The summed E-state index contributed by atoms with van der Waals surface area (Å²) in [5.41, 5.74) is 0. The van der Waals surface area contributed by atoms with Crippen LogP contribution in [0.2, 0.25) is 0 Å². The van der Waals surface area contributed by atoms with Crippen LogP contribution in [-0.2, 0) is 65.4 Å². The fourth-order valence-electron chi connectivity index (χ4n) is 9.57. The van der Waals surface area contributed by atoms with Gasteiger partial charge >= 0.3 is 39.5 Å². The van der Waals surface area contributed by atoms with Crippen LogP contribution in [0.15, 0.2) is 0 Å². The molecule has 17 nitrogen and oxygen atoms in total. The molecule has 0 fully saturated rings. The zero-order chi connectivity index (χ0) is 62.5. The fraction of sp³-hybridized carbons (Fsp3) is 0.938. The lowest BCUT2D eigenvalue weighted by molar-refractivity contribution is -0.161. The van der Waals surface area contributed by atoms with Gasteiger partial charge in [0.2, 0.25) is 0 Å². The van der Waals surface area contributed by atoms with E-state index in [1.807, 2.05) is 0 Å². The van der Waals surface area contributed by atoms with Crippen LogP contribution in [-0.4, -0.2) is 96.7 Å². The number of phosphoric ester groups is 2. The van der Waals surface area contributed by atoms with Gasteiger partial charge in [-0.2, -0.15) is 0 Å². The first-order valence-corrected chi connectivity index (χ1v) is 36.7. The Morgan fingerprint density at radius 1 is 0.333 bits per heavy atom. The highest BCUT2D eigenvalue weighted by Crippen LogP contribution is 2.45. The molecular weight excluding hydrogens is 1110 g/mol. The van der Waals surface area contributed by atoms with Gasteiger partial charge in [-0.05, 0) is 49.4 Å². The Kier molecular flexibility index (Phi) is 53.9. The van der Waals surface area contributed by atoms with Crippen molar-refractivity contribution in [3.63, 3.8) is 0 Å². The maximum absolute atomic E-state index is 13.0. The van der Waals surface area contributed by atoms with Crippen LogP contribution in [0.25, 0.3) is 0 Å². The summed E-state index contributed by atoms with van der Waals surface area (Å²) in [6.07, 6.45) is 35.0. The summed E-state index contributed by atoms with van der Waals surface area (Å²) in [4.78, 5) is 72.2. The summed E-state index contributed by atoms with van der Waals surface area (Å²) in [6, 6.07) is 0. The van der Waals surface area contributed by atoms with Crippen molar-refractivity contribution in [3.8, 4) is 0 Å². The van der Waals surface area contributed by atoms with Crippen molar-refractivity contribution in [2.24, 2.45) is 23.7 Å². The van der Waals surface area contributed by atoms with Gasteiger partial charge in [-0.25, -0.2) is 9.13 Å². The maximum Gasteiger partial charge on any atom is 0.472 e. The highest BCUT2D eigenvalue weighted by atomic mass is 31.2. The number of unbranched alkanes of at least 4 members (excludes halogenated alkanes) is 27. The van der Waals surface area contributed by atoms with E-state index in [2.05, 4.69) is 55.4 Å². The summed E-state index contributed by atoms with van der Waals surface area (Å²) in [5, 5.41) is 10.5. The van der Waals surface area contributed by atoms with E-state index >= 15 is 0 Å². The molecule has 3 N–H and O–H groups in total. The molecule has 0 radical (unpaired) electrons. The van der Waals surface area contributed by atoms with Gasteiger partial charge in [-0.3, -0.25) is 37.3 Å². The molecule has 498 valence electrons. The monoisotopic (exact) mass is 1240 g/mol. The van der Waals surface area contributed by atoms with Crippen molar-refractivity contribution in [2.45, 2.75) is 331 Å². The average molecular weight is 1240 g/mol. The SMILES string of the molecule is CCC(C)CCCCCCCCCCC(=O)OC[C@H](COP(=O)(O)OCC(O)COP(=O)(O)OC[C@@H](COC(=O)CCCCCCCCCCC(C)C)OC(=O)CCCCCCCCC(C)C)OC(=O)CCCCCCCCCCCC(C)C. The van der Waals surface area contributed by atoms with Crippen LogP contribution in [0, 0.1) is 23.7 Å². The third-order valence-corrected chi connectivity index (χ3v) is 17.1. The molecule has 0 amide bonds. The molecule has 0 aliphatic carbocycles. The van der Waals surface area contributed by atoms with Crippen molar-refractivity contribution in [1.29, 1.82) is 0 Å². The molecule has 0 aromatic heterocycles. The molecule has 0 saturated carbocycles. The number of ether oxygens (including phenoxy) is 4. The Morgan fingerprint density at radius 2 is 0.571 bits per heavy atom. The second-order valence-electron chi connectivity index (χ2n) is 25.2. The Labute approximate surface area is 511 Å². The van der Waals surface area contributed by atoms with E-state index in [9.17, 15) is 43.2 Å². The molecule has 0 aromatic carbocycles. The number of hydrogen-bond donors (Lipinski definition) is 3. The van der Waals surface area contributed by atoms with Gasteiger partial charge in [0.1, 0.15) is 19.3 Å². The van der Waals surface area contributed by atoms with Crippen molar-refractivity contribution >= 4 is 39.5 Å². The predicted molar refractivity (Wildman–Crippen MR) is 335 cm³/mol. The second-order valence-corrected chi connectivity index (χ2v) is 28.1. The standard InChI is InChI=1S/C65H126O17P2/c1-9-58(8)44-36-28-19-14-16-21-30-38-46-63(68)75-51-60(81-64(69)47-39-31-22-12-10-11-17-25-33-41-55(2)3)53-79-83(71,72)77-49-59(66)50-78-84(73,74)80-54-61(82-65(70)48-40-32-24-23-27-35-43-57(6)7)52-76-62(67)45-37-29-20-15-13-18-26-34-42-56(4)5/h55-61,66H,9-54H2,1-8H3,(H,71,72)(H,73,74)/t58?,59?,60-,61-/m1/s1.